The molecule has 0 N–H and O–H groups in total. The lowest BCUT2D eigenvalue weighted by Crippen LogP contribution is -2.15. The van der Waals surface area contributed by atoms with Gasteiger partial charge in [0.05, 0.1) is 0 Å². The lowest BCUT2D eigenvalue weighted by molar-refractivity contribution is 0.0985. The lowest BCUT2D eigenvalue weighted by Gasteiger charge is -2.14. The molecule has 3 rings (SSSR count). The van der Waals surface area contributed by atoms with Crippen molar-refractivity contribution in [1.82, 2.24) is 0 Å². The van der Waals surface area contributed by atoms with E-state index in [1.165, 1.54) is 6.08 Å². The molecule has 0 heterocycles. The van der Waals surface area contributed by atoms with Gasteiger partial charge in [-0.05, 0) is 29.8 Å². The summed E-state index contributed by atoms with van der Waals surface area (Å²) < 4.78 is 0. The molecule has 0 atom stereocenters. The first-order valence-electron chi connectivity index (χ1n) is 5.47. The molecular weight excluding hydrogens is 212 g/mol. The molecule has 0 aliphatic heterocycles. The number of ketones is 2. The Morgan fingerprint density at radius 1 is 0.941 bits per heavy atom. The maximum absolute atomic E-state index is 12.0. The van der Waals surface area contributed by atoms with Crippen LogP contribution in [-0.2, 0) is 0 Å². The van der Waals surface area contributed by atoms with E-state index in [2.05, 4.69) is 0 Å². The third kappa shape index (κ3) is 1.34. The SMILES string of the molecule is CC1=CC(=O)c2c(ccc3ccccc23)C1=O. The molecule has 0 fully saturated rings. The molecule has 0 saturated heterocycles. The van der Waals surface area contributed by atoms with Crippen molar-refractivity contribution < 1.29 is 9.59 Å². The number of allylic oxidation sites excluding steroid dienone is 2. The number of fused-ring (bicyclic) bond motifs is 3. The zero-order chi connectivity index (χ0) is 12.0. The van der Waals surface area contributed by atoms with Gasteiger partial charge in [-0.25, -0.2) is 0 Å². The smallest absolute Gasteiger partial charge is 0.189 e. The summed E-state index contributed by atoms with van der Waals surface area (Å²) in [6.07, 6.45) is 1.43. The van der Waals surface area contributed by atoms with Gasteiger partial charge in [-0.3, -0.25) is 9.59 Å². The van der Waals surface area contributed by atoms with E-state index in [-0.39, 0.29) is 11.6 Å². The van der Waals surface area contributed by atoms with Crippen LogP contribution in [-0.4, -0.2) is 11.6 Å². The van der Waals surface area contributed by atoms with Crippen molar-refractivity contribution in [1.29, 1.82) is 0 Å². The van der Waals surface area contributed by atoms with Crippen LogP contribution < -0.4 is 0 Å². The lowest BCUT2D eigenvalue weighted by atomic mass is 9.87. The van der Waals surface area contributed by atoms with Gasteiger partial charge in [0.1, 0.15) is 0 Å². The summed E-state index contributed by atoms with van der Waals surface area (Å²) in [4.78, 5) is 24.0. The van der Waals surface area contributed by atoms with Gasteiger partial charge in [0.25, 0.3) is 0 Å². The minimum Gasteiger partial charge on any atom is -0.289 e. The second kappa shape index (κ2) is 3.39. The van der Waals surface area contributed by atoms with Crippen LogP contribution in [0.1, 0.15) is 27.6 Å². The van der Waals surface area contributed by atoms with Crippen molar-refractivity contribution in [3.63, 3.8) is 0 Å². The number of benzene rings is 2. The van der Waals surface area contributed by atoms with Gasteiger partial charge in [-0.15, -0.1) is 0 Å². The Labute approximate surface area is 98.6 Å². The first kappa shape index (κ1) is 9.97. The number of hydrogen-bond donors (Lipinski definition) is 0. The maximum atomic E-state index is 12.0. The number of carbonyl (C=O) groups is 2. The molecule has 2 aromatic rings. The third-order valence-corrected chi connectivity index (χ3v) is 3.13. The molecule has 2 nitrogen and oxygen atoms in total. The second-order valence-corrected chi connectivity index (χ2v) is 4.23. The number of Topliss-reactive ketones (excluding diaryl/α,β-unsaturated/α-hetero) is 1. The Morgan fingerprint density at radius 2 is 1.71 bits per heavy atom. The minimum absolute atomic E-state index is 0.0506. The molecule has 2 heteroatoms. The zero-order valence-electron chi connectivity index (χ0n) is 9.36. The molecule has 2 aromatic carbocycles. The van der Waals surface area contributed by atoms with E-state index in [0.29, 0.717) is 16.7 Å². The molecule has 1 aliphatic carbocycles. The molecule has 0 bridgehead atoms. The predicted molar refractivity (Wildman–Crippen MR) is 66.4 cm³/mol. The summed E-state index contributed by atoms with van der Waals surface area (Å²) in [6, 6.07) is 11.3. The predicted octanol–water partition coefficient (Wildman–Crippen LogP) is 3.17. The van der Waals surface area contributed by atoms with Crippen molar-refractivity contribution in [3.05, 3.63) is 59.2 Å². The summed E-state index contributed by atoms with van der Waals surface area (Å²) in [5, 5.41) is 1.84. The average molecular weight is 222 g/mol. The second-order valence-electron chi connectivity index (χ2n) is 4.23. The van der Waals surface area contributed by atoms with Gasteiger partial charge >= 0.3 is 0 Å². The molecular formula is C15H10O2. The van der Waals surface area contributed by atoms with Gasteiger partial charge < -0.3 is 0 Å². The zero-order valence-corrected chi connectivity index (χ0v) is 9.36. The Balaban J connectivity index is 2.44. The minimum atomic E-state index is -0.0751. The normalized spacial score (nSPS) is 14.8. The maximum Gasteiger partial charge on any atom is 0.189 e. The summed E-state index contributed by atoms with van der Waals surface area (Å²) in [7, 11) is 0. The third-order valence-electron chi connectivity index (χ3n) is 3.13. The van der Waals surface area contributed by atoms with Crippen LogP contribution in [0.15, 0.2) is 48.0 Å². The molecule has 0 amide bonds. The Hall–Kier alpha value is -2.22. The molecule has 0 saturated carbocycles. The van der Waals surface area contributed by atoms with Crippen LogP contribution in [0.5, 0.6) is 0 Å². The van der Waals surface area contributed by atoms with Crippen molar-refractivity contribution >= 4 is 22.3 Å². The summed E-state index contributed by atoms with van der Waals surface area (Å²) in [5.74, 6) is -0.126. The standard InChI is InChI=1S/C15H10O2/c1-9-8-13(16)14-11-5-3-2-4-10(11)6-7-12(14)15(9)17/h2-8H,1H3. The molecule has 0 unspecified atom stereocenters. The quantitative estimate of drug-likeness (QED) is 0.686. The van der Waals surface area contributed by atoms with Crippen molar-refractivity contribution in [2.45, 2.75) is 6.92 Å². The Morgan fingerprint density at radius 3 is 2.53 bits per heavy atom. The molecule has 1 aliphatic rings. The molecule has 0 spiro atoms. The monoisotopic (exact) mass is 222 g/mol. The van der Waals surface area contributed by atoms with E-state index in [0.717, 1.165) is 10.8 Å². The summed E-state index contributed by atoms with van der Waals surface area (Å²) >= 11 is 0. The summed E-state index contributed by atoms with van der Waals surface area (Å²) in [6.45, 7) is 1.68. The Bertz CT molecular complexity index is 693. The van der Waals surface area contributed by atoms with E-state index in [4.69, 9.17) is 0 Å². The Kier molecular flexibility index (Phi) is 1.99. The van der Waals surface area contributed by atoms with E-state index in [9.17, 15) is 9.59 Å². The van der Waals surface area contributed by atoms with Crippen molar-refractivity contribution in [3.8, 4) is 0 Å². The van der Waals surface area contributed by atoms with Gasteiger partial charge in [0, 0.05) is 16.7 Å². The van der Waals surface area contributed by atoms with Crippen LogP contribution in [0.2, 0.25) is 0 Å². The van der Waals surface area contributed by atoms with Crippen LogP contribution >= 0.6 is 0 Å². The average Bonchev–Trinajstić information content (AvgIpc) is 2.35. The first-order chi connectivity index (χ1) is 8.18. The molecule has 17 heavy (non-hydrogen) atoms. The number of rotatable bonds is 0. The number of carbonyl (C=O) groups excluding carboxylic acids is 2. The fourth-order valence-electron chi connectivity index (χ4n) is 2.27. The fourth-order valence-corrected chi connectivity index (χ4v) is 2.27. The first-order valence-corrected chi connectivity index (χ1v) is 5.47. The van der Waals surface area contributed by atoms with Crippen LogP contribution in [0.4, 0.5) is 0 Å². The highest BCUT2D eigenvalue weighted by molar-refractivity contribution is 6.28. The fraction of sp³-hybridized carbons (Fsp3) is 0.0667. The van der Waals surface area contributed by atoms with Crippen LogP contribution in [0.3, 0.4) is 0 Å². The number of hydrogen-bond acceptors (Lipinski definition) is 2. The largest absolute Gasteiger partial charge is 0.289 e. The van der Waals surface area contributed by atoms with E-state index in [1.54, 1.807) is 13.0 Å². The van der Waals surface area contributed by atoms with Gasteiger partial charge in [-0.1, -0.05) is 30.3 Å². The molecule has 0 aromatic heterocycles. The highest BCUT2D eigenvalue weighted by atomic mass is 16.1. The van der Waals surface area contributed by atoms with E-state index >= 15 is 0 Å². The van der Waals surface area contributed by atoms with Crippen LogP contribution in [0, 0.1) is 0 Å². The molecule has 82 valence electrons. The van der Waals surface area contributed by atoms with Gasteiger partial charge in [-0.2, -0.15) is 0 Å². The van der Waals surface area contributed by atoms with Gasteiger partial charge in [0.2, 0.25) is 0 Å². The van der Waals surface area contributed by atoms with Gasteiger partial charge in [0.15, 0.2) is 11.6 Å². The summed E-state index contributed by atoms with van der Waals surface area (Å²) in [5.41, 5.74) is 1.57. The molecule has 0 radical (unpaired) electrons. The van der Waals surface area contributed by atoms with E-state index < -0.39 is 0 Å². The highest BCUT2D eigenvalue weighted by Crippen LogP contribution is 2.28. The van der Waals surface area contributed by atoms with E-state index in [1.807, 2.05) is 30.3 Å². The van der Waals surface area contributed by atoms with Crippen LogP contribution in [0.25, 0.3) is 10.8 Å². The van der Waals surface area contributed by atoms with Crippen molar-refractivity contribution in [2.24, 2.45) is 0 Å². The van der Waals surface area contributed by atoms with Crippen molar-refractivity contribution in [2.75, 3.05) is 0 Å². The topological polar surface area (TPSA) is 34.1 Å². The highest BCUT2D eigenvalue weighted by Gasteiger charge is 2.24.